The van der Waals surface area contributed by atoms with Crippen molar-refractivity contribution in [1.29, 1.82) is 0 Å². The van der Waals surface area contributed by atoms with Crippen molar-refractivity contribution >= 4 is 11.9 Å². The van der Waals surface area contributed by atoms with Gasteiger partial charge in [-0.25, -0.2) is 0 Å². The summed E-state index contributed by atoms with van der Waals surface area (Å²) in [6.07, 6.45) is 67.1. The fourth-order valence-corrected chi connectivity index (χ4v) is 8.72. The Bertz CT molecular complexity index is 1060. The number of rotatable bonds is 53. The van der Waals surface area contributed by atoms with Crippen LogP contribution in [0.4, 0.5) is 0 Å². The van der Waals surface area contributed by atoms with Gasteiger partial charge in [-0.05, 0) is 83.5 Å². The van der Waals surface area contributed by atoms with E-state index in [9.17, 15) is 19.8 Å². The summed E-state index contributed by atoms with van der Waals surface area (Å²) in [7, 11) is 0. The molecular formula is C59H111NO5. The highest BCUT2D eigenvalue weighted by Gasteiger charge is 2.20. The molecule has 0 spiro atoms. The molecule has 2 atom stereocenters. The zero-order chi connectivity index (χ0) is 47.2. The van der Waals surface area contributed by atoms with Crippen LogP contribution in [-0.2, 0) is 14.3 Å². The van der Waals surface area contributed by atoms with E-state index in [1.54, 1.807) is 0 Å². The summed E-state index contributed by atoms with van der Waals surface area (Å²) in [5, 5.41) is 23.2. The number of esters is 1. The van der Waals surface area contributed by atoms with Gasteiger partial charge in [-0.2, -0.15) is 0 Å². The van der Waals surface area contributed by atoms with Crippen molar-refractivity contribution in [3.63, 3.8) is 0 Å². The van der Waals surface area contributed by atoms with E-state index in [2.05, 4.69) is 55.6 Å². The Morgan fingerprint density at radius 2 is 0.769 bits per heavy atom. The first-order valence-corrected chi connectivity index (χ1v) is 28.7. The Hall–Kier alpha value is -1.92. The van der Waals surface area contributed by atoms with Crippen molar-refractivity contribution in [2.24, 2.45) is 0 Å². The maximum atomic E-state index is 12.4. The lowest BCUT2D eigenvalue weighted by atomic mass is 10.0. The van der Waals surface area contributed by atoms with Gasteiger partial charge in [-0.15, -0.1) is 0 Å². The monoisotopic (exact) mass is 914 g/mol. The van der Waals surface area contributed by atoms with Crippen LogP contribution >= 0.6 is 0 Å². The van der Waals surface area contributed by atoms with Gasteiger partial charge in [-0.3, -0.25) is 9.59 Å². The summed E-state index contributed by atoms with van der Waals surface area (Å²) in [4.78, 5) is 24.4. The summed E-state index contributed by atoms with van der Waals surface area (Å²) >= 11 is 0. The average Bonchev–Trinajstić information content (AvgIpc) is 3.31. The standard InChI is InChI=1S/C59H111NO5/c1-3-5-7-9-11-13-15-33-37-41-45-49-53-59(64)65-54-50-46-42-38-34-30-28-26-24-22-20-18-16-17-19-21-23-25-27-29-32-36-40-44-48-52-58(63)60-56(55-61)57(62)51-47-43-39-35-31-14-12-10-8-6-4-2/h11,13,17-20,56-57,61-62H,3-10,12,14-16,21-55H2,1-2H3,(H,60,63)/b13-11-,19-17-,20-18-. The predicted molar refractivity (Wildman–Crippen MR) is 283 cm³/mol. The Kier molecular flexibility index (Phi) is 53.1. The normalized spacial score (nSPS) is 12.9. The first-order chi connectivity index (χ1) is 32.0. The third kappa shape index (κ3) is 51.3. The molecule has 0 fully saturated rings. The topological polar surface area (TPSA) is 95.9 Å². The number of aliphatic hydroxyl groups excluding tert-OH is 2. The molecule has 0 aliphatic rings. The zero-order valence-corrected chi connectivity index (χ0v) is 43.5. The summed E-state index contributed by atoms with van der Waals surface area (Å²) in [5.41, 5.74) is 0. The second-order valence-electron chi connectivity index (χ2n) is 19.6. The number of nitrogens with one attached hydrogen (secondary N) is 1. The molecule has 0 saturated heterocycles. The number of allylic oxidation sites excluding steroid dienone is 6. The van der Waals surface area contributed by atoms with E-state index in [0.717, 1.165) is 51.4 Å². The lowest BCUT2D eigenvalue weighted by Crippen LogP contribution is -2.45. The molecule has 6 heteroatoms. The summed E-state index contributed by atoms with van der Waals surface area (Å²) in [6, 6.07) is -0.545. The number of amides is 1. The highest BCUT2D eigenvalue weighted by molar-refractivity contribution is 5.76. The number of ether oxygens (including phenoxy) is 1. The van der Waals surface area contributed by atoms with Gasteiger partial charge in [0, 0.05) is 12.8 Å². The maximum absolute atomic E-state index is 12.4. The van der Waals surface area contributed by atoms with Gasteiger partial charge in [-0.1, -0.05) is 243 Å². The van der Waals surface area contributed by atoms with Crippen LogP contribution in [0.25, 0.3) is 0 Å². The second kappa shape index (κ2) is 54.7. The predicted octanol–water partition coefficient (Wildman–Crippen LogP) is 17.6. The largest absolute Gasteiger partial charge is 0.466 e. The number of hydrogen-bond donors (Lipinski definition) is 3. The van der Waals surface area contributed by atoms with Gasteiger partial charge < -0.3 is 20.3 Å². The molecule has 0 aliphatic carbocycles. The molecule has 0 rings (SSSR count). The molecular weight excluding hydrogens is 803 g/mol. The van der Waals surface area contributed by atoms with E-state index in [1.165, 1.54) is 218 Å². The minimum Gasteiger partial charge on any atom is -0.466 e. The Morgan fingerprint density at radius 3 is 1.22 bits per heavy atom. The molecule has 382 valence electrons. The minimum atomic E-state index is -0.667. The lowest BCUT2D eigenvalue weighted by molar-refractivity contribution is -0.143. The molecule has 0 aliphatic heterocycles. The first kappa shape index (κ1) is 63.1. The van der Waals surface area contributed by atoms with Crippen molar-refractivity contribution < 1.29 is 24.5 Å². The van der Waals surface area contributed by atoms with Crippen LogP contribution in [0.2, 0.25) is 0 Å². The van der Waals surface area contributed by atoms with Gasteiger partial charge in [0.05, 0.1) is 25.4 Å². The molecule has 0 saturated carbocycles. The number of carbonyl (C=O) groups is 2. The fourth-order valence-electron chi connectivity index (χ4n) is 8.72. The number of unbranched alkanes of at least 4 members (excludes halogenated alkanes) is 36. The molecule has 2 unspecified atom stereocenters. The van der Waals surface area contributed by atoms with Crippen LogP contribution in [0.5, 0.6) is 0 Å². The van der Waals surface area contributed by atoms with Crippen molar-refractivity contribution in [3.05, 3.63) is 36.5 Å². The smallest absolute Gasteiger partial charge is 0.305 e. The fraction of sp³-hybridized carbons (Fsp3) is 0.864. The Balaban J connectivity index is 3.43. The van der Waals surface area contributed by atoms with Gasteiger partial charge >= 0.3 is 5.97 Å². The SMILES string of the molecule is CCCCC/C=C\CCCCCCCC(=O)OCCCCCCCCCCC/C=C\C/C=C\CCCCCCCCCCCC(=O)NC(CO)C(O)CCCCCCCCCCCCC. The van der Waals surface area contributed by atoms with E-state index in [-0.39, 0.29) is 18.5 Å². The molecule has 0 bridgehead atoms. The van der Waals surface area contributed by atoms with Crippen molar-refractivity contribution in [3.8, 4) is 0 Å². The van der Waals surface area contributed by atoms with E-state index in [4.69, 9.17) is 4.74 Å². The molecule has 6 nitrogen and oxygen atoms in total. The van der Waals surface area contributed by atoms with E-state index in [0.29, 0.717) is 25.9 Å². The molecule has 1 amide bonds. The van der Waals surface area contributed by atoms with E-state index < -0.39 is 12.1 Å². The summed E-state index contributed by atoms with van der Waals surface area (Å²) < 4.78 is 5.46. The van der Waals surface area contributed by atoms with Gasteiger partial charge in [0.15, 0.2) is 0 Å². The molecule has 0 aromatic heterocycles. The maximum Gasteiger partial charge on any atom is 0.305 e. The third-order valence-corrected chi connectivity index (χ3v) is 13.2. The first-order valence-electron chi connectivity index (χ1n) is 28.7. The quantitative estimate of drug-likeness (QED) is 0.0321. The van der Waals surface area contributed by atoms with Crippen molar-refractivity contribution in [2.45, 2.75) is 315 Å². The number of hydrogen-bond acceptors (Lipinski definition) is 5. The van der Waals surface area contributed by atoms with Crippen molar-refractivity contribution in [2.75, 3.05) is 13.2 Å². The van der Waals surface area contributed by atoms with E-state index >= 15 is 0 Å². The molecule has 3 N–H and O–H groups in total. The van der Waals surface area contributed by atoms with Crippen LogP contribution in [0.1, 0.15) is 303 Å². The van der Waals surface area contributed by atoms with Crippen LogP contribution in [0, 0.1) is 0 Å². The van der Waals surface area contributed by atoms with Crippen LogP contribution < -0.4 is 5.32 Å². The zero-order valence-electron chi connectivity index (χ0n) is 43.5. The Morgan fingerprint density at radius 1 is 0.431 bits per heavy atom. The van der Waals surface area contributed by atoms with E-state index in [1.807, 2.05) is 0 Å². The van der Waals surface area contributed by atoms with Gasteiger partial charge in [0.2, 0.25) is 5.91 Å². The van der Waals surface area contributed by atoms with Gasteiger partial charge in [0.1, 0.15) is 0 Å². The minimum absolute atomic E-state index is 0.00150. The van der Waals surface area contributed by atoms with Gasteiger partial charge in [0.25, 0.3) is 0 Å². The molecule has 0 heterocycles. The molecule has 65 heavy (non-hydrogen) atoms. The number of aliphatic hydroxyl groups is 2. The van der Waals surface area contributed by atoms with Crippen LogP contribution in [0.3, 0.4) is 0 Å². The molecule has 0 aromatic carbocycles. The molecule has 0 radical (unpaired) electrons. The van der Waals surface area contributed by atoms with Crippen molar-refractivity contribution in [1.82, 2.24) is 5.32 Å². The molecule has 0 aromatic rings. The van der Waals surface area contributed by atoms with Crippen LogP contribution in [0.15, 0.2) is 36.5 Å². The summed E-state index contributed by atoms with van der Waals surface area (Å²) in [5.74, 6) is -0.0437. The number of carbonyl (C=O) groups excluding carboxylic acids is 2. The average molecular weight is 915 g/mol. The third-order valence-electron chi connectivity index (χ3n) is 13.2. The highest BCUT2D eigenvalue weighted by Crippen LogP contribution is 2.16. The highest BCUT2D eigenvalue weighted by atomic mass is 16.5. The lowest BCUT2D eigenvalue weighted by Gasteiger charge is -2.22. The van der Waals surface area contributed by atoms with Crippen LogP contribution in [-0.4, -0.2) is 47.4 Å². The summed E-state index contributed by atoms with van der Waals surface area (Å²) in [6.45, 7) is 4.91. The Labute approximate surface area is 404 Å². The second-order valence-corrected chi connectivity index (χ2v) is 19.6.